The van der Waals surface area contributed by atoms with Crippen LogP contribution in [0.4, 0.5) is 0 Å². The Balaban J connectivity index is -0.000000980. The second kappa shape index (κ2) is 8.21. The molecular weight excluding hydrogens is 236 g/mol. The van der Waals surface area contributed by atoms with Crippen molar-refractivity contribution in [1.82, 2.24) is 12.3 Å². The molecular formula is C8H16N2O7. The lowest BCUT2D eigenvalue weighted by atomic mass is 10.2. The Morgan fingerprint density at radius 1 is 1.12 bits per heavy atom. The first-order valence-corrected chi connectivity index (χ1v) is 3.77. The molecule has 2 unspecified atom stereocenters. The number of carbonyl (C=O) groups excluding carboxylic acids is 1. The van der Waals surface area contributed by atoms with Crippen LogP contribution in [-0.4, -0.2) is 45.4 Å². The molecule has 0 radical (unpaired) electrons. The highest BCUT2D eigenvalue weighted by atomic mass is 16.6. The summed E-state index contributed by atoms with van der Waals surface area (Å²) >= 11 is 0. The number of aliphatic carboxylic acids is 2. The van der Waals surface area contributed by atoms with E-state index in [0.717, 1.165) is 0 Å². The van der Waals surface area contributed by atoms with Crippen LogP contribution in [0, 0.1) is 0 Å². The lowest BCUT2D eigenvalue weighted by molar-refractivity contribution is -0.176. The van der Waals surface area contributed by atoms with Crippen molar-refractivity contribution in [3.8, 4) is 0 Å². The summed E-state index contributed by atoms with van der Waals surface area (Å²) in [5.74, 6) is -4.63. The van der Waals surface area contributed by atoms with Gasteiger partial charge in [0.05, 0.1) is 0 Å². The van der Waals surface area contributed by atoms with Crippen LogP contribution < -0.4 is 12.3 Å². The molecule has 2 atom stereocenters. The van der Waals surface area contributed by atoms with Gasteiger partial charge in [0.25, 0.3) is 0 Å². The number of carboxylic acids is 2. The van der Waals surface area contributed by atoms with Gasteiger partial charge in [-0.25, -0.2) is 14.4 Å². The van der Waals surface area contributed by atoms with E-state index in [9.17, 15) is 14.4 Å². The van der Waals surface area contributed by atoms with E-state index >= 15 is 0 Å². The number of carboxylic acid groups (broad SMARTS) is 2. The molecule has 0 aliphatic heterocycles. The quantitative estimate of drug-likeness (QED) is 0.311. The molecule has 0 saturated heterocycles. The Hall–Kier alpha value is -1.97. The Kier molecular flexibility index (Phi) is 9.88. The summed E-state index contributed by atoms with van der Waals surface area (Å²) in [4.78, 5) is 31.6. The third-order valence-corrected chi connectivity index (χ3v) is 1.37. The summed E-state index contributed by atoms with van der Waals surface area (Å²) in [6, 6.07) is 0. The van der Waals surface area contributed by atoms with Crippen LogP contribution in [0.15, 0.2) is 12.2 Å². The summed E-state index contributed by atoms with van der Waals surface area (Å²) < 4.78 is 4.23. The van der Waals surface area contributed by atoms with Crippen LogP contribution in [-0.2, 0) is 19.1 Å². The average molecular weight is 252 g/mol. The van der Waals surface area contributed by atoms with E-state index in [0.29, 0.717) is 0 Å². The minimum atomic E-state index is -2.31. The second-order valence-corrected chi connectivity index (χ2v) is 2.73. The minimum Gasteiger partial charge on any atom is -0.479 e. The highest BCUT2D eigenvalue weighted by Crippen LogP contribution is 2.04. The average Bonchev–Trinajstić information content (AvgIpc) is 2.11. The molecule has 0 aromatic rings. The first kappa shape index (κ1) is 20.4. The van der Waals surface area contributed by atoms with Crippen molar-refractivity contribution >= 4 is 17.9 Å². The molecule has 0 heterocycles. The fourth-order valence-corrected chi connectivity index (χ4v) is 0.595. The van der Waals surface area contributed by atoms with Crippen LogP contribution in [0.1, 0.15) is 6.92 Å². The molecule has 0 amide bonds. The van der Waals surface area contributed by atoms with E-state index in [1.165, 1.54) is 6.92 Å². The summed E-state index contributed by atoms with van der Waals surface area (Å²) in [5, 5.41) is 25.7. The Bertz CT molecular complexity index is 315. The smallest absolute Gasteiger partial charge is 0.348 e. The van der Waals surface area contributed by atoms with Crippen molar-refractivity contribution < 1.29 is 34.4 Å². The highest BCUT2D eigenvalue weighted by Gasteiger charge is 2.35. The highest BCUT2D eigenvalue weighted by molar-refractivity contribution is 5.91. The van der Waals surface area contributed by atoms with Crippen LogP contribution >= 0.6 is 0 Å². The zero-order valence-electron chi connectivity index (χ0n) is 9.25. The number of aliphatic hydroxyl groups excluding tert-OH is 1. The molecule has 9 heteroatoms. The molecule has 0 aliphatic carbocycles. The third kappa shape index (κ3) is 6.25. The van der Waals surface area contributed by atoms with Crippen LogP contribution in [0.2, 0.25) is 0 Å². The number of hydrogen-bond donors (Lipinski definition) is 5. The zero-order chi connectivity index (χ0) is 12.2. The van der Waals surface area contributed by atoms with Gasteiger partial charge in [0.15, 0.2) is 6.10 Å². The molecule has 0 bridgehead atoms. The van der Waals surface area contributed by atoms with Gasteiger partial charge in [0, 0.05) is 5.57 Å². The maximum atomic E-state index is 10.9. The molecule has 100 valence electrons. The number of esters is 1. The standard InChI is InChI=1S/C8H10O7.2H3N/c1-3(2)8(14)15-5(7(12)13)4(9)6(10)11;;/h4-5,9H,1H2,2H3,(H,10,11)(H,12,13);2*1H3. The number of rotatable bonds is 5. The topological polar surface area (TPSA) is 191 Å². The van der Waals surface area contributed by atoms with Crippen molar-refractivity contribution in [3.63, 3.8) is 0 Å². The van der Waals surface area contributed by atoms with Crippen molar-refractivity contribution in [2.75, 3.05) is 0 Å². The normalized spacial score (nSPS) is 12.1. The first-order valence-electron chi connectivity index (χ1n) is 3.77. The van der Waals surface area contributed by atoms with Gasteiger partial charge in [-0.3, -0.25) is 0 Å². The molecule has 17 heavy (non-hydrogen) atoms. The predicted octanol–water partition coefficient (Wildman–Crippen LogP) is -0.672. The third-order valence-electron chi connectivity index (χ3n) is 1.37. The molecule has 0 fully saturated rings. The van der Waals surface area contributed by atoms with Gasteiger partial charge < -0.3 is 32.4 Å². The fourth-order valence-electron chi connectivity index (χ4n) is 0.595. The van der Waals surface area contributed by atoms with Gasteiger partial charge in [0.1, 0.15) is 0 Å². The number of carbonyl (C=O) groups is 3. The van der Waals surface area contributed by atoms with Gasteiger partial charge in [-0.15, -0.1) is 0 Å². The van der Waals surface area contributed by atoms with Crippen molar-refractivity contribution in [3.05, 3.63) is 12.2 Å². The monoisotopic (exact) mass is 252 g/mol. The van der Waals surface area contributed by atoms with Gasteiger partial charge >= 0.3 is 17.9 Å². The van der Waals surface area contributed by atoms with Crippen molar-refractivity contribution in [1.29, 1.82) is 0 Å². The van der Waals surface area contributed by atoms with Gasteiger partial charge in [0.2, 0.25) is 6.10 Å². The number of ether oxygens (including phenoxy) is 1. The van der Waals surface area contributed by atoms with Gasteiger partial charge in [-0.2, -0.15) is 0 Å². The molecule has 0 aromatic heterocycles. The van der Waals surface area contributed by atoms with Crippen LogP contribution in [0.3, 0.4) is 0 Å². The van der Waals surface area contributed by atoms with Gasteiger partial charge in [-0.1, -0.05) is 6.58 Å². The minimum absolute atomic E-state index is 0. The van der Waals surface area contributed by atoms with E-state index in [1.54, 1.807) is 0 Å². The van der Waals surface area contributed by atoms with Crippen molar-refractivity contribution in [2.24, 2.45) is 0 Å². The molecule has 0 spiro atoms. The Morgan fingerprint density at radius 2 is 1.53 bits per heavy atom. The van der Waals surface area contributed by atoms with E-state index in [2.05, 4.69) is 11.3 Å². The van der Waals surface area contributed by atoms with E-state index in [4.69, 9.17) is 15.3 Å². The summed E-state index contributed by atoms with van der Waals surface area (Å²) in [6.45, 7) is 4.43. The largest absolute Gasteiger partial charge is 0.479 e. The molecule has 0 aliphatic rings. The molecule has 0 aromatic carbocycles. The number of aliphatic hydroxyl groups is 1. The van der Waals surface area contributed by atoms with Crippen LogP contribution in [0.25, 0.3) is 0 Å². The molecule has 9 nitrogen and oxygen atoms in total. The SMILES string of the molecule is C=C(C)C(=O)OC(C(=O)O)C(O)C(=O)O.N.N. The maximum Gasteiger partial charge on any atom is 0.348 e. The van der Waals surface area contributed by atoms with E-state index < -0.39 is 30.1 Å². The van der Waals surface area contributed by atoms with Crippen molar-refractivity contribution in [2.45, 2.75) is 19.1 Å². The van der Waals surface area contributed by atoms with E-state index in [1.807, 2.05) is 0 Å². The lowest BCUT2D eigenvalue weighted by Gasteiger charge is -2.16. The fraction of sp³-hybridized carbons (Fsp3) is 0.375. The first-order chi connectivity index (χ1) is 6.77. The predicted molar refractivity (Wildman–Crippen MR) is 56.0 cm³/mol. The summed E-state index contributed by atoms with van der Waals surface area (Å²) in [7, 11) is 0. The van der Waals surface area contributed by atoms with Gasteiger partial charge in [-0.05, 0) is 6.92 Å². The lowest BCUT2D eigenvalue weighted by Crippen LogP contribution is -2.43. The number of hydrogen-bond acceptors (Lipinski definition) is 7. The summed E-state index contributed by atoms with van der Waals surface area (Å²) in [6.07, 6.45) is -4.46. The second-order valence-electron chi connectivity index (χ2n) is 2.73. The Morgan fingerprint density at radius 3 is 1.76 bits per heavy atom. The molecule has 9 N–H and O–H groups in total. The molecule has 0 rings (SSSR count). The van der Waals surface area contributed by atoms with E-state index in [-0.39, 0.29) is 17.9 Å². The summed E-state index contributed by atoms with van der Waals surface area (Å²) in [5.41, 5.74) is -0.0983. The maximum absolute atomic E-state index is 10.9. The Labute approximate surface area is 96.9 Å². The molecule has 0 saturated carbocycles. The zero-order valence-corrected chi connectivity index (χ0v) is 9.25. The van der Waals surface area contributed by atoms with Crippen LogP contribution in [0.5, 0.6) is 0 Å².